The van der Waals surface area contributed by atoms with E-state index in [1.165, 1.54) is 11.1 Å². The van der Waals surface area contributed by atoms with Crippen LogP contribution in [0.15, 0.2) is 71.6 Å². The number of hydrogen-bond acceptors (Lipinski definition) is 5. The molecule has 1 amide bonds. The number of rotatable bonds is 9. The molecule has 34 heavy (non-hydrogen) atoms. The number of fused-ring (bicyclic) bond motifs is 1. The van der Waals surface area contributed by atoms with Crippen molar-refractivity contribution in [2.75, 3.05) is 25.3 Å². The molecule has 176 valence electrons. The molecule has 1 aliphatic heterocycles. The molecule has 1 heterocycles. The van der Waals surface area contributed by atoms with Crippen LogP contribution in [0.1, 0.15) is 34.3 Å². The largest absolute Gasteiger partial charge is 0.493 e. The van der Waals surface area contributed by atoms with Crippen molar-refractivity contribution in [3.8, 4) is 11.5 Å². The normalized spacial score (nSPS) is 14.9. The maximum absolute atomic E-state index is 12.7. The first-order valence-corrected chi connectivity index (χ1v) is 12.4. The lowest BCUT2D eigenvalue weighted by Crippen LogP contribution is -2.34. The summed E-state index contributed by atoms with van der Waals surface area (Å²) < 4.78 is 10.7. The van der Waals surface area contributed by atoms with Crippen LogP contribution in [0.3, 0.4) is 0 Å². The average Bonchev–Trinajstić information content (AvgIpc) is 2.87. The summed E-state index contributed by atoms with van der Waals surface area (Å²) in [6, 6.07) is 21.4. The molecule has 3 aromatic carbocycles. The van der Waals surface area contributed by atoms with Gasteiger partial charge in [-0.2, -0.15) is 0 Å². The quantitative estimate of drug-likeness (QED) is 0.312. The van der Waals surface area contributed by atoms with Crippen molar-refractivity contribution in [2.24, 2.45) is 5.92 Å². The maximum Gasteiger partial charge on any atom is 0.236 e. The van der Waals surface area contributed by atoms with Gasteiger partial charge in [-0.1, -0.05) is 36.4 Å². The van der Waals surface area contributed by atoms with E-state index >= 15 is 0 Å². The summed E-state index contributed by atoms with van der Waals surface area (Å²) in [6.45, 7) is 0. The van der Waals surface area contributed by atoms with Crippen LogP contribution < -0.4 is 14.8 Å². The molecular weight excluding hydrogens is 446 g/mol. The number of anilines is 1. The summed E-state index contributed by atoms with van der Waals surface area (Å²) >= 11 is 1.56. The fraction of sp³-hybridized carbons (Fsp3) is 0.286. The standard InChI is InChI=1S/C28H29NO4S/c1-32-24-16-13-20(17-25(24)33-2)8-4-3-7-19-11-14-21(15-12-19)29-28(31)23-18-34-26-10-6-5-9-22(26)27(23)30/h5-6,9-17,23H,3-4,7-8,18H2,1-2H3,(H,29,31). The van der Waals surface area contributed by atoms with Crippen molar-refractivity contribution < 1.29 is 19.1 Å². The van der Waals surface area contributed by atoms with Crippen LogP contribution >= 0.6 is 11.8 Å². The minimum absolute atomic E-state index is 0.0991. The van der Waals surface area contributed by atoms with E-state index in [2.05, 4.69) is 11.4 Å². The van der Waals surface area contributed by atoms with Crippen LogP contribution in [0.4, 0.5) is 5.69 Å². The highest BCUT2D eigenvalue weighted by Crippen LogP contribution is 2.33. The molecule has 0 saturated heterocycles. The Labute approximate surface area is 204 Å². The number of carbonyl (C=O) groups excluding carboxylic acids is 2. The van der Waals surface area contributed by atoms with E-state index in [-0.39, 0.29) is 11.7 Å². The molecule has 0 aliphatic carbocycles. The molecule has 1 atom stereocenters. The summed E-state index contributed by atoms with van der Waals surface area (Å²) in [4.78, 5) is 26.4. The highest BCUT2D eigenvalue weighted by atomic mass is 32.2. The summed E-state index contributed by atoms with van der Waals surface area (Å²) in [6.07, 6.45) is 4.07. The maximum atomic E-state index is 12.7. The molecule has 0 spiro atoms. The molecule has 1 aliphatic rings. The number of amides is 1. The van der Waals surface area contributed by atoms with Crippen molar-refractivity contribution in [2.45, 2.75) is 30.6 Å². The second kappa shape index (κ2) is 11.3. The lowest BCUT2D eigenvalue weighted by molar-refractivity contribution is -0.118. The van der Waals surface area contributed by atoms with Crippen LogP contribution in [0.25, 0.3) is 0 Å². The molecule has 0 bridgehead atoms. The molecule has 1 N–H and O–H groups in total. The van der Waals surface area contributed by atoms with Gasteiger partial charge in [-0.3, -0.25) is 9.59 Å². The number of ketones is 1. The Balaban J connectivity index is 1.25. The van der Waals surface area contributed by atoms with Gasteiger partial charge in [0.2, 0.25) is 5.91 Å². The van der Waals surface area contributed by atoms with Gasteiger partial charge in [0.1, 0.15) is 5.92 Å². The molecule has 0 saturated carbocycles. The molecule has 0 fully saturated rings. The Morgan fingerprint density at radius 3 is 2.32 bits per heavy atom. The molecule has 1 unspecified atom stereocenters. The smallest absolute Gasteiger partial charge is 0.236 e. The number of unbranched alkanes of at least 4 members (excludes halogenated alkanes) is 1. The molecule has 5 nitrogen and oxygen atoms in total. The number of hydrogen-bond donors (Lipinski definition) is 1. The van der Waals surface area contributed by atoms with E-state index in [0.29, 0.717) is 11.3 Å². The number of ether oxygens (including phenoxy) is 2. The molecule has 4 rings (SSSR count). The zero-order valence-corrected chi connectivity index (χ0v) is 20.3. The monoisotopic (exact) mass is 475 g/mol. The van der Waals surface area contributed by atoms with Gasteiger partial charge >= 0.3 is 0 Å². The topological polar surface area (TPSA) is 64.6 Å². The highest BCUT2D eigenvalue weighted by Gasteiger charge is 2.33. The van der Waals surface area contributed by atoms with Gasteiger partial charge in [0.25, 0.3) is 0 Å². The van der Waals surface area contributed by atoms with Gasteiger partial charge in [0.05, 0.1) is 14.2 Å². The van der Waals surface area contributed by atoms with E-state index in [0.717, 1.165) is 47.8 Å². The minimum Gasteiger partial charge on any atom is -0.493 e. The second-order valence-corrected chi connectivity index (χ2v) is 9.37. The third kappa shape index (κ3) is 5.62. The molecule has 0 radical (unpaired) electrons. The summed E-state index contributed by atoms with van der Waals surface area (Å²) in [7, 11) is 3.29. The number of methoxy groups -OCH3 is 2. The van der Waals surface area contributed by atoms with Crippen LogP contribution in [0, 0.1) is 5.92 Å². The van der Waals surface area contributed by atoms with E-state index in [1.54, 1.807) is 32.0 Å². The molecule has 0 aromatic heterocycles. The van der Waals surface area contributed by atoms with Gasteiger partial charge in [0, 0.05) is 21.9 Å². The first-order valence-electron chi connectivity index (χ1n) is 11.5. The first-order chi connectivity index (χ1) is 16.6. The van der Waals surface area contributed by atoms with E-state index < -0.39 is 5.92 Å². The molecular formula is C28H29NO4S. The van der Waals surface area contributed by atoms with Gasteiger partial charge in [0.15, 0.2) is 17.3 Å². The van der Waals surface area contributed by atoms with Crippen LogP contribution in [-0.2, 0) is 17.6 Å². The Morgan fingerprint density at radius 2 is 1.59 bits per heavy atom. The Kier molecular flexibility index (Phi) is 7.91. The van der Waals surface area contributed by atoms with Gasteiger partial charge in [-0.15, -0.1) is 11.8 Å². The van der Waals surface area contributed by atoms with E-state index in [1.807, 2.05) is 54.6 Å². The number of benzene rings is 3. The molecule has 3 aromatic rings. The van der Waals surface area contributed by atoms with Crippen molar-refractivity contribution in [1.29, 1.82) is 0 Å². The number of Topliss-reactive ketones (excluding diaryl/α,β-unsaturated/α-hetero) is 1. The fourth-order valence-corrected chi connectivity index (χ4v) is 5.25. The zero-order valence-electron chi connectivity index (χ0n) is 19.5. The molecule has 6 heteroatoms. The Bertz CT molecular complexity index is 1160. The second-order valence-electron chi connectivity index (χ2n) is 8.31. The average molecular weight is 476 g/mol. The van der Waals surface area contributed by atoms with Crippen molar-refractivity contribution >= 4 is 29.1 Å². The lowest BCUT2D eigenvalue weighted by Gasteiger charge is -2.22. The first kappa shape index (κ1) is 23.9. The predicted octanol–water partition coefficient (Wildman–Crippen LogP) is 5.81. The van der Waals surface area contributed by atoms with E-state index in [4.69, 9.17) is 9.47 Å². The highest BCUT2D eigenvalue weighted by molar-refractivity contribution is 7.99. The number of nitrogens with one attached hydrogen (secondary N) is 1. The zero-order chi connectivity index (χ0) is 23.9. The Morgan fingerprint density at radius 1 is 0.912 bits per heavy atom. The minimum atomic E-state index is -0.656. The van der Waals surface area contributed by atoms with Crippen molar-refractivity contribution in [3.63, 3.8) is 0 Å². The SMILES string of the molecule is COc1ccc(CCCCc2ccc(NC(=O)C3CSc4ccccc4C3=O)cc2)cc1OC. The number of aryl methyl sites for hydroxylation is 2. The number of thioether (sulfide) groups is 1. The Hall–Kier alpha value is -3.25. The van der Waals surface area contributed by atoms with Gasteiger partial charge < -0.3 is 14.8 Å². The third-order valence-corrected chi connectivity index (χ3v) is 7.21. The lowest BCUT2D eigenvalue weighted by atomic mass is 9.97. The fourth-order valence-electron chi connectivity index (χ4n) is 4.11. The van der Waals surface area contributed by atoms with Crippen LogP contribution in [-0.4, -0.2) is 31.7 Å². The summed E-state index contributed by atoms with van der Waals surface area (Å²) in [5, 5.41) is 2.91. The number of carbonyl (C=O) groups is 2. The van der Waals surface area contributed by atoms with Crippen molar-refractivity contribution in [1.82, 2.24) is 0 Å². The summed E-state index contributed by atoms with van der Waals surface area (Å²) in [5.41, 5.74) is 3.82. The van der Waals surface area contributed by atoms with E-state index in [9.17, 15) is 9.59 Å². The summed E-state index contributed by atoms with van der Waals surface area (Å²) in [5.74, 6) is 0.980. The van der Waals surface area contributed by atoms with Crippen molar-refractivity contribution in [3.05, 3.63) is 83.4 Å². The predicted molar refractivity (Wildman–Crippen MR) is 136 cm³/mol. The third-order valence-electron chi connectivity index (χ3n) is 6.04. The van der Waals surface area contributed by atoms with Gasteiger partial charge in [-0.25, -0.2) is 0 Å². The van der Waals surface area contributed by atoms with Gasteiger partial charge in [-0.05, 0) is 67.1 Å². The van der Waals surface area contributed by atoms with Crippen LogP contribution in [0.2, 0.25) is 0 Å². The van der Waals surface area contributed by atoms with Crippen LogP contribution in [0.5, 0.6) is 11.5 Å².